The SMILES string of the molecule is CC(=O)O[C@@H](CO)CC(C)C. The number of rotatable bonds is 4. The lowest BCUT2D eigenvalue weighted by atomic mass is 10.1. The van der Waals surface area contributed by atoms with E-state index in [1.807, 2.05) is 13.8 Å². The smallest absolute Gasteiger partial charge is 0.302 e. The van der Waals surface area contributed by atoms with Gasteiger partial charge < -0.3 is 9.84 Å². The van der Waals surface area contributed by atoms with Crippen LogP contribution in [0.25, 0.3) is 0 Å². The lowest BCUT2D eigenvalue weighted by Gasteiger charge is -2.15. The predicted molar refractivity (Wildman–Crippen MR) is 42.1 cm³/mol. The van der Waals surface area contributed by atoms with Crippen molar-refractivity contribution in [1.82, 2.24) is 0 Å². The minimum atomic E-state index is -0.329. The first-order valence-electron chi connectivity index (χ1n) is 3.84. The van der Waals surface area contributed by atoms with E-state index in [2.05, 4.69) is 0 Å². The molecule has 0 radical (unpaired) electrons. The van der Waals surface area contributed by atoms with Crippen LogP contribution in [0.2, 0.25) is 0 Å². The van der Waals surface area contributed by atoms with Crippen molar-refractivity contribution in [2.45, 2.75) is 33.3 Å². The summed E-state index contributed by atoms with van der Waals surface area (Å²) in [6, 6.07) is 0. The fourth-order valence-electron chi connectivity index (χ4n) is 0.920. The topological polar surface area (TPSA) is 46.5 Å². The van der Waals surface area contributed by atoms with Crippen LogP contribution in [0.4, 0.5) is 0 Å². The van der Waals surface area contributed by atoms with E-state index in [1.54, 1.807) is 0 Å². The molecular weight excluding hydrogens is 144 g/mol. The van der Waals surface area contributed by atoms with Crippen molar-refractivity contribution in [3.8, 4) is 0 Å². The second-order valence-corrected chi connectivity index (χ2v) is 3.04. The third-order valence-electron chi connectivity index (χ3n) is 1.27. The van der Waals surface area contributed by atoms with Gasteiger partial charge in [-0.1, -0.05) is 13.8 Å². The minimum absolute atomic E-state index is 0.0856. The second-order valence-electron chi connectivity index (χ2n) is 3.04. The van der Waals surface area contributed by atoms with E-state index in [4.69, 9.17) is 9.84 Å². The summed E-state index contributed by atoms with van der Waals surface area (Å²) in [5.41, 5.74) is 0. The molecule has 1 N–H and O–H groups in total. The van der Waals surface area contributed by atoms with Gasteiger partial charge in [0.05, 0.1) is 6.61 Å². The molecule has 0 heterocycles. The van der Waals surface area contributed by atoms with Gasteiger partial charge in [-0.3, -0.25) is 4.79 Å². The molecule has 0 aliphatic heterocycles. The van der Waals surface area contributed by atoms with Crippen LogP contribution in [0.5, 0.6) is 0 Å². The molecule has 0 aliphatic rings. The van der Waals surface area contributed by atoms with Gasteiger partial charge in [0.2, 0.25) is 0 Å². The Morgan fingerprint density at radius 2 is 2.09 bits per heavy atom. The molecule has 0 saturated heterocycles. The van der Waals surface area contributed by atoms with E-state index >= 15 is 0 Å². The van der Waals surface area contributed by atoms with Gasteiger partial charge in [-0.15, -0.1) is 0 Å². The summed E-state index contributed by atoms with van der Waals surface area (Å²) < 4.78 is 4.82. The third kappa shape index (κ3) is 5.85. The van der Waals surface area contributed by atoms with E-state index in [0.29, 0.717) is 5.92 Å². The normalized spacial score (nSPS) is 13.2. The molecule has 0 aromatic carbocycles. The van der Waals surface area contributed by atoms with E-state index in [-0.39, 0.29) is 18.7 Å². The Labute approximate surface area is 67.4 Å². The molecule has 0 amide bonds. The number of ether oxygens (including phenoxy) is 1. The molecule has 0 rings (SSSR count). The van der Waals surface area contributed by atoms with Crippen LogP contribution in [-0.4, -0.2) is 23.8 Å². The highest BCUT2D eigenvalue weighted by Gasteiger charge is 2.11. The van der Waals surface area contributed by atoms with Gasteiger partial charge >= 0.3 is 5.97 Å². The minimum Gasteiger partial charge on any atom is -0.460 e. The van der Waals surface area contributed by atoms with E-state index < -0.39 is 0 Å². The first-order chi connectivity index (χ1) is 5.06. The Balaban J connectivity index is 3.66. The van der Waals surface area contributed by atoms with Crippen LogP contribution in [0.1, 0.15) is 27.2 Å². The maximum absolute atomic E-state index is 10.5. The number of carbonyl (C=O) groups is 1. The zero-order chi connectivity index (χ0) is 8.85. The molecule has 3 heteroatoms. The monoisotopic (exact) mass is 160 g/mol. The van der Waals surface area contributed by atoms with Crippen molar-refractivity contribution in [3.63, 3.8) is 0 Å². The molecule has 0 aliphatic carbocycles. The Morgan fingerprint density at radius 1 is 1.55 bits per heavy atom. The van der Waals surface area contributed by atoms with Crippen LogP contribution in [-0.2, 0) is 9.53 Å². The summed E-state index contributed by atoms with van der Waals surface area (Å²) in [5.74, 6) is 0.108. The van der Waals surface area contributed by atoms with Crippen LogP contribution in [0, 0.1) is 5.92 Å². The van der Waals surface area contributed by atoms with Crippen molar-refractivity contribution >= 4 is 5.97 Å². The molecule has 0 unspecified atom stereocenters. The van der Waals surface area contributed by atoms with Crippen LogP contribution < -0.4 is 0 Å². The number of esters is 1. The largest absolute Gasteiger partial charge is 0.460 e. The number of carbonyl (C=O) groups excluding carboxylic acids is 1. The molecule has 1 atom stereocenters. The quantitative estimate of drug-likeness (QED) is 0.623. The van der Waals surface area contributed by atoms with Gasteiger partial charge in [-0.25, -0.2) is 0 Å². The molecule has 0 bridgehead atoms. The fourth-order valence-corrected chi connectivity index (χ4v) is 0.920. The molecule has 0 saturated carbocycles. The molecule has 66 valence electrons. The number of hydrogen-bond donors (Lipinski definition) is 1. The van der Waals surface area contributed by atoms with Crippen LogP contribution >= 0.6 is 0 Å². The average Bonchev–Trinajstić information content (AvgIpc) is 1.84. The van der Waals surface area contributed by atoms with Gasteiger partial charge in [-0.05, 0) is 12.3 Å². The summed E-state index contributed by atoms with van der Waals surface area (Å²) in [7, 11) is 0. The highest BCUT2D eigenvalue weighted by molar-refractivity contribution is 5.66. The van der Waals surface area contributed by atoms with Crippen molar-refractivity contribution < 1.29 is 14.6 Å². The lowest BCUT2D eigenvalue weighted by Crippen LogP contribution is -2.22. The van der Waals surface area contributed by atoms with E-state index in [9.17, 15) is 4.79 Å². The maximum atomic E-state index is 10.5. The third-order valence-corrected chi connectivity index (χ3v) is 1.27. The first kappa shape index (κ1) is 10.4. The average molecular weight is 160 g/mol. The van der Waals surface area contributed by atoms with Gasteiger partial charge in [0.1, 0.15) is 6.10 Å². The van der Waals surface area contributed by atoms with E-state index in [0.717, 1.165) is 6.42 Å². The van der Waals surface area contributed by atoms with Crippen molar-refractivity contribution in [1.29, 1.82) is 0 Å². The summed E-state index contributed by atoms with van der Waals surface area (Å²) in [6.07, 6.45) is 0.392. The zero-order valence-electron chi connectivity index (χ0n) is 7.33. The molecule has 3 nitrogen and oxygen atoms in total. The second kappa shape index (κ2) is 5.13. The molecule has 0 fully saturated rings. The Hall–Kier alpha value is -0.570. The van der Waals surface area contributed by atoms with Crippen LogP contribution in [0.3, 0.4) is 0 Å². The van der Waals surface area contributed by atoms with Gasteiger partial charge in [-0.2, -0.15) is 0 Å². The molecule has 0 spiro atoms. The first-order valence-corrected chi connectivity index (χ1v) is 3.84. The number of aliphatic hydroxyl groups is 1. The highest BCUT2D eigenvalue weighted by atomic mass is 16.5. The lowest BCUT2D eigenvalue weighted by molar-refractivity contribution is -0.149. The van der Waals surface area contributed by atoms with Gasteiger partial charge in [0, 0.05) is 6.92 Å². The van der Waals surface area contributed by atoms with Crippen molar-refractivity contribution in [3.05, 3.63) is 0 Å². The van der Waals surface area contributed by atoms with E-state index in [1.165, 1.54) is 6.92 Å². The zero-order valence-corrected chi connectivity index (χ0v) is 7.33. The Kier molecular flexibility index (Phi) is 4.86. The van der Waals surface area contributed by atoms with Crippen molar-refractivity contribution in [2.24, 2.45) is 5.92 Å². The van der Waals surface area contributed by atoms with Crippen LogP contribution in [0.15, 0.2) is 0 Å². The summed E-state index contributed by atoms with van der Waals surface area (Å²) in [6.45, 7) is 5.30. The Bertz CT molecular complexity index is 121. The summed E-state index contributed by atoms with van der Waals surface area (Å²) in [5, 5.41) is 8.75. The number of hydrogen-bond acceptors (Lipinski definition) is 3. The standard InChI is InChI=1S/C8H16O3/c1-6(2)4-8(5-9)11-7(3)10/h6,8-9H,4-5H2,1-3H3/t8-/m1/s1. The highest BCUT2D eigenvalue weighted by Crippen LogP contribution is 2.07. The summed E-state index contributed by atoms with van der Waals surface area (Å²) >= 11 is 0. The molecule has 0 aromatic rings. The van der Waals surface area contributed by atoms with Gasteiger partial charge in [0.15, 0.2) is 0 Å². The van der Waals surface area contributed by atoms with Gasteiger partial charge in [0.25, 0.3) is 0 Å². The maximum Gasteiger partial charge on any atom is 0.302 e. The van der Waals surface area contributed by atoms with Crippen molar-refractivity contribution in [2.75, 3.05) is 6.61 Å². The Morgan fingerprint density at radius 3 is 2.36 bits per heavy atom. The molecular formula is C8H16O3. The predicted octanol–water partition coefficient (Wildman–Crippen LogP) is 0.956. The molecule has 0 aromatic heterocycles. The fraction of sp³-hybridized carbons (Fsp3) is 0.875. The summed E-state index contributed by atoms with van der Waals surface area (Å²) in [4.78, 5) is 10.5. The number of aliphatic hydroxyl groups excluding tert-OH is 1. The molecule has 11 heavy (non-hydrogen) atoms.